The molecular formula is C40H49N13O4. The molecule has 57 heavy (non-hydrogen) atoms. The Labute approximate surface area is 329 Å². The van der Waals surface area contributed by atoms with E-state index in [4.69, 9.17) is 20.8 Å². The number of imidazole rings is 2. The average molecular weight is 776 g/mol. The Morgan fingerprint density at radius 2 is 1.60 bits per heavy atom. The lowest BCUT2D eigenvalue weighted by atomic mass is 10.0. The second-order valence-electron chi connectivity index (χ2n) is 14.4. The van der Waals surface area contributed by atoms with Crippen LogP contribution in [-0.2, 0) is 37.4 Å². The first-order valence-corrected chi connectivity index (χ1v) is 19.4. The van der Waals surface area contributed by atoms with Crippen molar-refractivity contribution in [2.75, 3.05) is 36.2 Å². The molecule has 5 N–H and O–H groups in total. The van der Waals surface area contributed by atoms with Crippen molar-refractivity contribution in [1.82, 2.24) is 44.0 Å². The zero-order chi connectivity index (χ0) is 40.4. The first kappa shape index (κ1) is 38.9. The molecule has 0 radical (unpaired) electrons. The molecule has 1 aliphatic rings. The fraction of sp³-hybridized carbons (Fsp3) is 0.400. The molecule has 0 unspecified atom stereocenters. The zero-order valence-corrected chi connectivity index (χ0v) is 33.1. The number of anilines is 3. The SMILES string of the molecule is CCn1nc(C)c2c1C(=O)Nc1nc3cc(C(N)=O)ccc3n1CCCCn1c(nc3c(N(C)C(=O)CNC)cccc31)NC(=O)c1cc(C)nn1CCCCC2. The van der Waals surface area contributed by atoms with Crippen LogP contribution in [0.1, 0.15) is 87.3 Å². The highest BCUT2D eigenvalue weighted by Gasteiger charge is 2.25. The van der Waals surface area contributed by atoms with Gasteiger partial charge in [0.15, 0.2) is 0 Å². The largest absolute Gasteiger partial charge is 0.366 e. The number of rotatable bonds is 5. The van der Waals surface area contributed by atoms with Crippen molar-refractivity contribution in [1.29, 1.82) is 0 Å². The van der Waals surface area contributed by atoms with Crippen molar-refractivity contribution >= 4 is 63.3 Å². The maximum atomic E-state index is 14.2. The molecule has 4 amide bonds. The lowest BCUT2D eigenvalue weighted by Gasteiger charge is -2.17. The Bertz CT molecular complexity index is 2500. The number of nitrogens with zero attached hydrogens (tertiary/aromatic N) is 9. The van der Waals surface area contributed by atoms with E-state index in [1.165, 1.54) is 0 Å². The lowest BCUT2D eigenvalue weighted by molar-refractivity contribution is -0.117. The molecule has 2 aromatic carbocycles. The molecular weight excluding hydrogens is 727 g/mol. The van der Waals surface area contributed by atoms with Gasteiger partial charge in [0.1, 0.15) is 16.9 Å². The van der Waals surface area contributed by atoms with Crippen molar-refractivity contribution < 1.29 is 19.2 Å². The number of fused-ring (bicyclic) bond motifs is 8. The quantitative estimate of drug-likeness (QED) is 0.196. The summed E-state index contributed by atoms with van der Waals surface area (Å²) >= 11 is 0. The second kappa shape index (κ2) is 16.4. The summed E-state index contributed by atoms with van der Waals surface area (Å²) in [4.78, 5) is 64.5. The Morgan fingerprint density at radius 3 is 2.33 bits per heavy atom. The molecule has 0 spiro atoms. The van der Waals surface area contributed by atoms with Gasteiger partial charge in [0.2, 0.25) is 23.7 Å². The number of carbonyl (C=O) groups is 4. The molecule has 298 valence electrons. The summed E-state index contributed by atoms with van der Waals surface area (Å²) in [5, 5.41) is 18.4. The minimum Gasteiger partial charge on any atom is -0.366 e. The third-order valence-electron chi connectivity index (χ3n) is 10.5. The highest BCUT2D eigenvalue weighted by atomic mass is 16.2. The smallest absolute Gasteiger partial charge is 0.276 e. The summed E-state index contributed by atoms with van der Waals surface area (Å²) in [7, 11) is 3.43. The molecule has 0 aliphatic carbocycles. The van der Waals surface area contributed by atoms with E-state index in [-0.39, 0.29) is 24.3 Å². The molecule has 17 nitrogen and oxygen atoms in total. The standard InChI is InChI=1S/C40H49N13O4/c1-6-52-35-27(25(3)48-52)13-8-7-9-20-53-32(21-24(2)47-53)37(56)45-40-44-34-30(49(5)33(54)23-42-4)14-12-15-31(34)51(40)19-11-10-18-50-29-17-16-26(36(41)55)22-28(29)43-39(50)46-38(35)57/h12,14-17,21-22,42H,6-11,13,18-20,23H2,1-5H3,(H2,41,55)(H,43,46,57)(H,44,45,56). The number of hydrogen-bond acceptors (Lipinski definition) is 9. The number of carbonyl (C=O) groups excluding carboxylic acids is 4. The number of aromatic nitrogens is 8. The summed E-state index contributed by atoms with van der Waals surface area (Å²) in [5.74, 6) is -0.644. The molecule has 0 saturated heterocycles. The van der Waals surface area contributed by atoms with Crippen LogP contribution in [-0.4, -0.2) is 82.9 Å². The van der Waals surface area contributed by atoms with E-state index in [0.29, 0.717) is 91.0 Å². The van der Waals surface area contributed by atoms with E-state index in [9.17, 15) is 19.2 Å². The normalized spacial score (nSPS) is 14.5. The summed E-state index contributed by atoms with van der Waals surface area (Å²) in [6, 6.07) is 12.5. The van der Waals surface area contributed by atoms with Gasteiger partial charge in [0.05, 0.1) is 40.2 Å². The molecule has 0 fully saturated rings. The lowest BCUT2D eigenvalue weighted by Crippen LogP contribution is -2.34. The van der Waals surface area contributed by atoms with Crippen LogP contribution in [0.3, 0.4) is 0 Å². The third kappa shape index (κ3) is 7.74. The number of hydrogen-bond donors (Lipinski definition) is 4. The highest BCUT2D eigenvalue weighted by molar-refractivity contribution is 6.06. The van der Waals surface area contributed by atoms with Crippen LogP contribution in [0.4, 0.5) is 17.6 Å². The van der Waals surface area contributed by atoms with Crippen LogP contribution in [0.5, 0.6) is 0 Å². The Kier molecular flexibility index (Phi) is 11.2. The number of primary amides is 1. The number of likely N-dealkylation sites (N-methyl/N-ethyl adjacent to an activating group) is 2. The number of amides is 4. The highest BCUT2D eigenvalue weighted by Crippen LogP contribution is 2.30. The van der Waals surface area contributed by atoms with Gasteiger partial charge < -0.3 is 25.1 Å². The topological polar surface area (TPSA) is 205 Å². The fourth-order valence-electron chi connectivity index (χ4n) is 7.64. The number of nitrogens with one attached hydrogen (secondary N) is 3. The minimum atomic E-state index is -0.570. The molecule has 17 heteroatoms. The Balaban J connectivity index is 1.29. The first-order valence-electron chi connectivity index (χ1n) is 19.4. The Morgan fingerprint density at radius 1 is 0.877 bits per heavy atom. The van der Waals surface area contributed by atoms with Gasteiger partial charge in [0.25, 0.3) is 11.8 Å². The van der Waals surface area contributed by atoms with Gasteiger partial charge in [-0.2, -0.15) is 10.2 Å². The van der Waals surface area contributed by atoms with Crippen LogP contribution < -0.4 is 26.6 Å². The number of nitrogens with two attached hydrogens (primary N) is 1. The summed E-state index contributed by atoms with van der Waals surface area (Å²) < 4.78 is 7.39. The van der Waals surface area contributed by atoms with Crippen LogP contribution in [0, 0.1) is 13.8 Å². The van der Waals surface area contributed by atoms with Crippen LogP contribution in [0.15, 0.2) is 42.5 Å². The number of aryl methyl sites for hydroxylation is 6. The van der Waals surface area contributed by atoms with E-state index in [1.54, 1.807) is 52.6 Å². The Hall–Kier alpha value is -6.36. The van der Waals surface area contributed by atoms with E-state index in [1.807, 2.05) is 48.1 Å². The van der Waals surface area contributed by atoms with Crippen molar-refractivity contribution in [2.24, 2.45) is 5.73 Å². The molecule has 5 heterocycles. The molecule has 7 rings (SSSR count). The maximum Gasteiger partial charge on any atom is 0.276 e. The molecule has 6 aromatic rings. The van der Waals surface area contributed by atoms with E-state index in [0.717, 1.165) is 47.2 Å². The average Bonchev–Trinajstić information content (AvgIpc) is 3.93. The van der Waals surface area contributed by atoms with Gasteiger partial charge in [-0.05, 0) is 96.3 Å². The first-order chi connectivity index (χ1) is 27.5. The molecule has 0 atom stereocenters. The summed E-state index contributed by atoms with van der Waals surface area (Å²) in [5.41, 5.74) is 12.5. The summed E-state index contributed by atoms with van der Waals surface area (Å²) in [6.07, 6.45) is 4.31. The van der Waals surface area contributed by atoms with E-state index in [2.05, 4.69) is 21.0 Å². The van der Waals surface area contributed by atoms with Crippen LogP contribution in [0.25, 0.3) is 22.1 Å². The van der Waals surface area contributed by atoms with Gasteiger partial charge in [-0.3, -0.25) is 39.2 Å². The van der Waals surface area contributed by atoms with E-state index < -0.39 is 5.91 Å². The maximum absolute atomic E-state index is 14.2. The number of benzene rings is 2. The van der Waals surface area contributed by atoms with Gasteiger partial charge in [0, 0.05) is 44.4 Å². The third-order valence-corrected chi connectivity index (χ3v) is 10.5. The van der Waals surface area contributed by atoms with E-state index >= 15 is 0 Å². The molecule has 0 bridgehead atoms. The van der Waals surface area contributed by atoms with Crippen molar-refractivity contribution in [3.05, 3.63) is 76.4 Å². The summed E-state index contributed by atoms with van der Waals surface area (Å²) in [6.45, 7) is 7.89. The minimum absolute atomic E-state index is 0.131. The van der Waals surface area contributed by atoms with Gasteiger partial charge >= 0.3 is 0 Å². The predicted octanol–water partition coefficient (Wildman–Crippen LogP) is 4.41. The van der Waals surface area contributed by atoms with Crippen LogP contribution >= 0.6 is 0 Å². The number of para-hydroxylation sites is 1. The van der Waals surface area contributed by atoms with Gasteiger partial charge in [-0.25, -0.2) is 9.97 Å². The zero-order valence-electron chi connectivity index (χ0n) is 33.1. The van der Waals surface area contributed by atoms with Crippen LogP contribution in [0.2, 0.25) is 0 Å². The fourth-order valence-corrected chi connectivity index (χ4v) is 7.64. The monoisotopic (exact) mass is 775 g/mol. The van der Waals surface area contributed by atoms with Crippen molar-refractivity contribution in [3.8, 4) is 0 Å². The van der Waals surface area contributed by atoms with Crippen molar-refractivity contribution in [2.45, 2.75) is 85.5 Å². The molecule has 0 saturated carbocycles. The molecule has 4 aromatic heterocycles. The second-order valence-corrected chi connectivity index (χ2v) is 14.4. The predicted molar refractivity (Wildman–Crippen MR) is 218 cm³/mol. The van der Waals surface area contributed by atoms with Gasteiger partial charge in [-0.1, -0.05) is 12.5 Å². The van der Waals surface area contributed by atoms with Crippen molar-refractivity contribution in [3.63, 3.8) is 0 Å². The van der Waals surface area contributed by atoms with Gasteiger partial charge in [-0.15, -0.1) is 0 Å². The molecule has 1 aliphatic heterocycles.